The van der Waals surface area contributed by atoms with Crippen molar-refractivity contribution in [2.75, 3.05) is 0 Å². The number of carbonyl (C=O) groups is 2. The van der Waals surface area contributed by atoms with E-state index in [0.717, 1.165) is 4.90 Å². The second-order valence-electron chi connectivity index (χ2n) is 6.60. The summed E-state index contributed by atoms with van der Waals surface area (Å²) in [4.78, 5) is 23.2. The molecule has 0 aromatic carbocycles. The van der Waals surface area contributed by atoms with E-state index in [9.17, 15) is 9.59 Å². The molecule has 1 aliphatic rings. The topological polar surface area (TPSA) is 87.1 Å². The van der Waals surface area contributed by atoms with Gasteiger partial charge in [-0.25, -0.2) is 9.59 Å². The minimum absolute atomic E-state index is 0.0390. The molecule has 1 fully saturated rings. The van der Waals surface area contributed by atoms with Crippen molar-refractivity contribution in [3.05, 3.63) is 12.3 Å². The Bertz CT molecular complexity index is 441. The quantitative estimate of drug-likeness (QED) is 0.783. The van der Waals surface area contributed by atoms with Gasteiger partial charge in [-0.15, -0.1) is 0 Å². The first kappa shape index (κ1) is 16.7. The zero-order valence-electron chi connectivity index (χ0n) is 12.6. The van der Waals surface area contributed by atoms with Crippen LogP contribution in [0, 0.1) is 0 Å². The maximum Gasteiger partial charge on any atom is 0.412 e. The van der Waals surface area contributed by atoms with Crippen LogP contribution in [0.2, 0.25) is 18.1 Å². The molecular weight excluding hydrogens is 278 g/mol. The summed E-state index contributed by atoms with van der Waals surface area (Å²) in [5.74, 6) is -1.17. The Balaban J connectivity index is 2.98. The fraction of sp³-hybridized carbons (Fsp3) is 0.692. The van der Waals surface area contributed by atoms with Gasteiger partial charge < -0.3 is 14.6 Å². The molecule has 0 aromatic heterocycles. The molecule has 1 heterocycles. The van der Waals surface area contributed by atoms with Crippen molar-refractivity contribution in [3.8, 4) is 0 Å². The molecule has 1 unspecified atom stereocenters. The van der Waals surface area contributed by atoms with Gasteiger partial charge in [0.1, 0.15) is 6.04 Å². The molecule has 0 saturated carbocycles. The molecule has 7 heteroatoms. The summed E-state index contributed by atoms with van der Waals surface area (Å²) in [5, 5.41) is 18.2. The Hall–Kier alpha value is -1.34. The van der Waals surface area contributed by atoms with E-state index in [0.29, 0.717) is 0 Å². The van der Waals surface area contributed by atoms with Crippen LogP contribution in [-0.4, -0.2) is 47.6 Å². The Morgan fingerprint density at radius 2 is 1.85 bits per heavy atom. The third-order valence-electron chi connectivity index (χ3n) is 4.16. The van der Waals surface area contributed by atoms with Crippen molar-refractivity contribution < 1.29 is 24.2 Å². The van der Waals surface area contributed by atoms with E-state index >= 15 is 0 Å². The van der Waals surface area contributed by atoms with Crippen molar-refractivity contribution in [2.45, 2.75) is 57.5 Å². The highest BCUT2D eigenvalue weighted by molar-refractivity contribution is 6.74. The Morgan fingerprint density at radius 3 is 2.15 bits per heavy atom. The van der Waals surface area contributed by atoms with Gasteiger partial charge in [-0.1, -0.05) is 27.4 Å². The van der Waals surface area contributed by atoms with Gasteiger partial charge in [-0.05, 0) is 18.1 Å². The van der Waals surface area contributed by atoms with Crippen molar-refractivity contribution in [3.63, 3.8) is 0 Å². The molecule has 0 bridgehead atoms. The van der Waals surface area contributed by atoms with E-state index in [1.807, 2.05) is 13.1 Å². The Labute approximate surface area is 120 Å². The fourth-order valence-corrected chi connectivity index (χ4v) is 3.21. The highest BCUT2D eigenvalue weighted by Crippen LogP contribution is 2.40. The third kappa shape index (κ3) is 3.04. The maximum atomic E-state index is 11.2. The van der Waals surface area contributed by atoms with Crippen molar-refractivity contribution >= 4 is 20.4 Å². The van der Waals surface area contributed by atoms with Crippen LogP contribution < -0.4 is 0 Å². The second-order valence-corrected chi connectivity index (χ2v) is 11.4. The molecule has 1 amide bonds. The van der Waals surface area contributed by atoms with Gasteiger partial charge in [0.15, 0.2) is 8.32 Å². The first-order chi connectivity index (χ1) is 8.88. The van der Waals surface area contributed by atoms with Crippen LogP contribution in [0.1, 0.15) is 27.2 Å². The molecule has 20 heavy (non-hydrogen) atoms. The number of amides is 1. The largest absolute Gasteiger partial charge is 0.480 e. The average Bonchev–Trinajstić information content (AvgIpc) is 2.54. The van der Waals surface area contributed by atoms with Crippen LogP contribution in [0.5, 0.6) is 0 Å². The van der Waals surface area contributed by atoms with E-state index in [4.69, 9.17) is 14.6 Å². The van der Waals surface area contributed by atoms with Gasteiger partial charge in [-0.3, -0.25) is 4.90 Å². The molecule has 0 aromatic rings. The lowest BCUT2D eigenvalue weighted by Gasteiger charge is -2.38. The molecule has 1 saturated heterocycles. The van der Waals surface area contributed by atoms with Crippen molar-refractivity contribution in [2.24, 2.45) is 0 Å². The second kappa shape index (κ2) is 5.21. The lowest BCUT2D eigenvalue weighted by Crippen LogP contribution is -2.44. The van der Waals surface area contributed by atoms with Gasteiger partial charge >= 0.3 is 12.1 Å². The lowest BCUT2D eigenvalue weighted by atomic mass is 10.2. The molecule has 2 N–H and O–H groups in total. The van der Waals surface area contributed by atoms with E-state index in [1.165, 1.54) is 0 Å². The number of hydrogen-bond acceptors (Lipinski definition) is 3. The Morgan fingerprint density at radius 1 is 1.35 bits per heavy atom. The Kier molecular flexibility index (Phi) is 4.36. The van der Waals surface area contributed by atoms with Gasteiger partial charge in [0.2, 0.25) is 0 Å². The maximum absolute atomic E-state index is 11.2. The fourth-order valence-electron chi connectivity index (χ4n) is 1.92. The highest BCUT2D eigenvalue weighted by Gasteiger charge is 2.47. The molecular formula is C13H23NO5Si. The van der Waals surface area contributed by atoms with E-state index in [-0.39, 0.29) is 17.2 Å². The molecule has 1 aliphatic heterocycles. The number of carboxylic acid groups (broad SMARTS) is 2. The highest BCUT2D eigenvalue weighted by atomic mass is 28.4. The van der Waals surface area contributed by atoms with Crippen LogP contribution in [0.3, 0.4) is 0 Å². The minimum atomic E-state index is -2.11. The summed E-state index contributed by atoms with van der Waals surface area (Å²) < 4.78 is 6.11. The zero-order chi connectivity index (χ0) is 15.9. The van der Waals surface area contributed by atoms with Gasteiger partial charge in [-0.2, -0.15) is 0 Å². The van der Waals surface area contributed by atoms with Gasteiger partial charge in [0.05, 0.1) is 6.10 Å². The summed E-state index contributed by atoms with van der Waals surface area (Å²) in [6.45, 7) is 14.0. The molecule has 0 radical (unpaired) electrons. The molecule has 0 spiro atoms. The van der Waals surface area contributed by atoms with Crippen LogP contribution in [0.4, 0.5) is 4.79 Å². The summed E-state index contributed by atoms with van der Waals surface area (Å²) in [6, 6.07) is -1.12. The van der Waals surface area contributed by atoms with E-state index < -0.39 is 32.5 Å². The van der Waals surface area contributed by atoms with Gasteiger partial charge in [0.25, 0.3) is 0 Å². The number of likely N-dealkylation sites (tertiary alicyclic amines) is 1. The molecule has 0 aliphatic carbocycles. The van der Waals surface area contributed by atoms with Crippen LogP contribution in [0.15, 0.2) is 12.3 Å². The normalized spacial score (nSPS) is 24.1. The lowest BCUT2D eigenvalue weighted by molar-refractivity contribution is -0.141. The monoisotopic (exact) mass is 301 g/mol. The van der Waals surface area contributed by atoms with E-state index in [1.54, 1.807) is 0 Å². The van der Waals surface area contributed by atoms with Crippen LogP contribution >= 0.6 is 0 Å². The zero-order valence-corrected chi connectivity index (χ0v) is 13.6. The minimum Gasteiger partial charge on any atom is -0.480 e. The average molecular weight is 301 g/mol. The molecule has 1 rings (SSSR count). The molecule has 114 valence electrons. The standard InChI is InChI=1S/C13H23NO5Si/c1-8-10(19-20(5,6)13(2,3)4)7-9(11(15)16)14(8)12(17)18/h9-10H,1,7H2,2-6H3,(H,15,16)(H,17,18)/t9?,10-/m0/s1. The summed E-state index contributed by atoms with van der Waals surface area (Å²) in [5.41, 5.74) is 0.217. The predicted molar refractivity (Wildman–Crippen MR) is 77.1 cm³/mol. The number of hydrogen-bond donors (Lipinski definition) is 2. The molecule has 6 nitrogen and oxygen atoms in total. The third-order valence-corrected chi connectivity index (χ3v) is 8.65. The van der Waals surface area contributed by atoms with Gasteiger partial charge in [0, 0.05) is 12.1 Å². The van der Waals surface area contributed by atoms with Crippen molar-refractivity contribution in [1.29, 1.82) is 0 Å². The first-order valence-corrected chi connectivity index (χ1v) is 9.41. The molecule has 2 atom stereocenters. The number of nitrogens with zero attached hydrogens (tertiary/aromatic N) is 1. The van der Waals surface area contributed by atoms with Crippen molar-refractivity contribution in [1.82, 2.24) is 4.90 Å². The number of aliphatic carboxylic acids is 1. The summed E-state index contributed by atoms with van der Waals surface area (Å²) in [7, 11) is -2.11. The number of carboxylic acids is 1. The van der Waals surface area contributed by atoms with E-state index in [2.05, 4.69) is 27.4 Å². The number of rotatable bonds is 3. The summed E-state index contributed by atoms with van der Waals surface area (Å²) >= 11 is 0. The smallest absolute Gasteiger partial charge is 0.412 e. The van der Waals surface area contributed by atoms with Crippen LogP contribution in [-0.2, 0) is 9.22 Å². The first-order valence-electron chi connectivity index (χ1n) is 6.50. The predicted octanol–water partition coefficient (Wildman–Crippen LogP) is 2.73. The van der Waals surface area contributed by atoms with Crippen LogP contribution in [0.25, 0.3) is 0 Å². The summed E-state index contributed by atoms with van der Waals surface area (Å²) in [6.07, 6.45) is -1.73. The SMILES string of the molecule is C=C1[C@@H](O[Si](C)(C)C(C)(C)C)CC(C(=O)O)N1C(=O)O.